The fourth-order valence-electron chi connectivity index (χ4n) is 2.47. The lowest BCUT2D eigenvalue weighted by Crippen LogP contribution is -2.32. The van der Waals surface area contributed by atoms with Gasteiger partial charge in [-0.3, -0.25) is 0 Å². The van der Waals surface area contributed by atoms with Gasteiger partial charge in [-0.15, -0.1) is 0 Å². The second kappa shape index (κ2) is 4.25. The molecule has 0 radical (unpaired) electrons. The SMILES string of the molecule is CC1(CC2CCS(=O)(=O)C2)OCC(CN)O1. The number of rotatable bonds is 3. The van der Waals surface area contributed by atoms with Crippen LogP contribution in [0.15, 0.2) is 0 Å². The fraction of sp³-hybridized carbons (Fsp3) is 1.00. The van der Waals surface area contributed by atoms with Crippen LogP contribution in [0, 0.1) is 5.92 Å². The molecule has 0 aliphatic carbocycles. The maximum Gasteiger partial charge on any atom is 0.166 e. The van der Waals surface area contributed by atoms with Gasteiger partial charge in [-0.1, -0.05) is 0 Å². The summed E-state index contributed by atoms with van der Waals surface area (Å²) in [4.78, 5) is 0. The molecule has 16 heavy (non-hydrogen) atoms. The molecule has 3 atom stereocenters. The van der Waals surface area contributed by atoms with Gasteiger partial charge in [0, 0.05) is 13.0 Å². The molecule has 3 unspecified atom stereocenters. The Morgan fingerprint density at radius 1 is 1.50 bits per heavy atom. The summed E-state index contributed by atoms with van der Waals surface area (Å²) in [6, 6.07) is 0. The van der Waals surface area contributed by atoms with Crippen molar-refractivity contribution in [3.05, 3.63) is 0 Å². The Balaban J connectivity index is 1.91. The van der Waals surface area contributed by atoms with Gasteiger partial charge in [0.2, 0.25) is 0 Å². The zero-order valence-corrected chi connectivity index (χ0v) is 10.3. The molecule has 2 heterocycles. The highest BCUT2D eigenvalue weighted by Gasteiger charge is 2.41. The van der Waals surface area contributed by atoms with E-state index in [1.165, 1.54) is 0 Å². The number of hydrogen-bond donors (Lipinski definition) is 1. The van der Waals surface area contributed by atoms with Crippen LogP contribution >= 0.6 is 0 Å². The summed E-state index contributed by atoms with van der Waals surface area (Å²) in [5.41, 5.74) is 5.51. The van der Waals surface area contributed by atoms with Gasteiger partial charge in [0.15, 0.2) is 15.6 Å². The molecule has 94 valence electrons. The van der Waals surface area contributed by atoms with Gasteiger partial charge < -0.3 is 15.2 Å². The minimum Gasteiger partial charge on any atom is -0.347 e. The van der Waals surface area contributed by atoms with E-state index < -0.39 is 15.6 Å². The van der Waals surface area contributed by atoms with Crippen molar-refractivity contribution in [2.24, 2.45) is 11.7 Å². The molecule has 5 nitrogen and oxygen atoms in total. The van der Waals surface area contributed by atoms with Crippen LogP contribution in [0.4, 0.5) is 0 Å². The first kappa shape index (κ1) is 12.3. The predicted molar refractivity (Wildman–Crippen MR) is 59.7 cm³/mol. The highest BCUT2D eigenvalue weighted by Crippen LogP contribution is 2.33. The molecule has 2 saturated heterocycles. The lowest BCUT2D eigenvalue weighted by molar-refractivity contribution is -0.163. The Labute approximate surface area is 96.2 Å². The van der Waals surface area contributed by atoms with E-state index in [-0.39, 0.29) is 17.8 Å². The van der Waals surface area contributed by atoms with E-state index in [0.717, 1.165) is 6.42 Å². The average Bonchev–Trinajstić information content (AvgIpc) is 2.70. The second-order valence-corrected chi connectivity index (χ2v) is 7.12. The van der Waals surface area contributed by atoms with E-state index in [0.29, 0.717) is 25.3 Å². The minimum atomic E-state index is -2.82. The largest absolute Gasteiger partial charge is 0.347 e. The Bertz CT molecular complexity index is 356. The number of ether oxygens (including phenoxy) is 2. The molecule has 2 aliphatic rings. The number of sulfone groups is 1. The van der Waals surface area contributed by atoms with Crippen LogP contribution in [-0.4, -0.2) is 45.0 Å². The normalized spacial score (nSPS) is 42.6. The fourth-order valence-corrected chi connectivity index (χ4v) is 4.33. The molecule has 2 rings (SSSR count). The third-order valence-electron chi connectivity index (χ3n) is 3.24. The van der Waals surface area contributed by atoms with Gasteiger partial charge >= 0.3 is 0 Å². The van der Waals surface area contributed by atoms with Crippen LogP contribution in [0.5, 0.6) is 0 Å². The van der Waals surface area contributed by atoms with E-state index in [1.807, 2.05) is 6.92 Å². The first-order valence-corrected chi connectivity index (χ1v) is 7.47. The van der Waals surface area contributed by atoms with Gasteiger partial charge in [-0.05, 0) is 19.3 Å². The molecular weight excluding hydrogens is 230 g/mol. The summed E-state index contributed by atoms with van der Waals surface area (Å²) in [6.45, 7) is 2.82. The molecule has 2 fully saturated rings. The van der Waals surface area contributed by atoms with Crippen molar-refractivity contribution in [3.63, 3.8) is 0 Å². The summed E-state index contributed by atoms with van der Waals surface area (Å²) >= 11 is 0. The van der Waals surface area contributed by atoms with Crippen LogP contribution in [-0.2, 0) is 19.3 Å². The van der Waals surface area contributed by atoms with Crippen molar-refractivity contribution >= 4 is 9.84 Å². The molecule has 0 aromatic heterocycles. The molecule has 6 heteroatoms. The van der Waals surface area contributed by atoms with Crippen molar-refractivity contribution in [3.8, 4) is 0 Å². The summed E-state index contributed by atoms with van der Waals surface area (Å²) in [5, 5.41) is 0. The smallest absolute Gasteiger partial charge is 0.166 e. The van der Waals surface area contributed by atoms with Crippen molar-refractivity contribution in [1.82, 2.24) is 0 Å². The predicted octanol–water partition coefficient (Wildman–Crippen LogP) is -0.0985. The summed E-state index contributed by atoms with van der Waals surface area (Å²) in [7, 11) is -2.82. The highest BCUT2D eigenvalue weighted by atomic mass is 32.2. The van der Waals surface area contributed by atoms with Crippen molar-refractivity contribution in [2.45, 2.75) is 31.7 Å². The maximum atomic E-state index is 11.3. The summed E-state index contributed by atoms with van der Waals surface area (Å²) in [6.07, 6.45) is 1.31. The molecule has 0 aromatic rings. The van der Waals surface area contributed by atoms with Gasteiger partial charge in [0.05, 0.1) is 24.2 Å². The lowest BCUT2D eigenvalue weighted by Gasteiger charge is -2.25. The monoisotopic (exact) mass is 249 g/mol. The summed E-state index contributed by atoms with van der Waals surface area (Å²) < 4.78 is 33.9. The molecule has 2 N–H and O–H groups in total. The molecular formula is C10H19NO4S. The first-order chi connectivity index (χ1) is 7.42. The lowest BCUT2D eigenvalue weighted by atomic mass is 9.99. The zero-order chi connectivity index (χ0) is 11.8. The van der Waals surface area contributed by atoms with Gasteiger partial charge in [-0.2, -0.15) is 0 Å². The third kappa shape index (κ3) is 2.74. The Hall–Kier alpha value is -0.170. The van der Waals surface area contributed by atoms with E-state index in [1.54, 1.807) is 0 Å². The Kier molecular flexibility index (Phi) is 3.27. The molecule has 0 saturated carbocycles. The van der Waals surface area contributed by atoms with Gasteiger partial charge in [-0.25, -0.2) is 8.42 Å². The van der Waals surface area contributed by atoms with E-state index in [2.05, 4.69) is 0 Å². The van der Waals surface area contributed by atoms with Crippen LogP contribution in [0.2, 0.25) is 0 Å². The molecule has 2 aliphatic heterocycles. The standard InChI is InChI=1S/C10H19NO4S/c1-10(14-6-9(5-11)15-10)4-8-2-3-16(12,13)7-8/h8-9H,2-7,11H2,1H3. The third-order valence-corrected chi connectivity index (χ3v) is 5.08. The van der Waals surface area contributed by atoms with Crippen molar-refractivity contribution in [1.29, 1.82) is 0 Å². The van der Waals surface area contributed by atoms with Crippen LogP contribution < -0.4 is 5.73 Å². The van der Waals surface area contributed by atoms with Crippen molar-refractivity contribution in [2.75, 3.05) is 24.7 Å². The van der Waals surface area contributed by atoms with Gasteiger partial charge in [0.1, 0.15) is 0 Å². The minimum absolute atomic E-state index is 0.0528. The van der Waals surface area contributed by atoms with Crippen molar-refractivity contribution < 1.29 is 17.9 Å². The highest BCUT2D eigenvalue weighted by molar-refractivity contribution is 7.91. The molecule has 0 bridgehead atoms. The van der Waals surface area contributed by atoms with E-state index in [4.69, 9.17) is 15.2 Å². The number of nitrogens with two attached hydrogens (primary N) is 1. The van der Waals surface area contributed by atoms with Crippen LogP contribution in [0.25, 0.3) is 0 Å². The average molecular weight is 249 g/mol. The maximum absolute atomic E-state index is 11.3. The zero-order valence-electron chi connectivity index (χ0n) is 9.52. The number of hydrogen-bond acceptors (Lipinski definition) is 5. The molecule has 0 spiro atoms. The molecule has 0 amide bonds. The quantitative estimate of drug-likeness (QED) is 0.755. The molecule has 0 aromatic carbocycles. The first-order valence-electron chi connectivity index (χ1n) is 5.65. The van der Waals surface area contributed by atoms with Gasteiger partial charge in [0.25, 0.3) is 0 Å². The van der Waals surface area contributed by atoms with E-state index in [9.17, 15) is 8.42 Å². The van der Waals surface area contributed by atoms with E-state index >= 15 is 0 Å². The Morgan fingerprint density at radius 2 is 2.25 bits per heavy atom. The topological polar surface area (TPSA) is 78.6 Å². The van der Waals surface area contributed by atoms with Crippen LogP contribution in [0.3, 0.4) is 0 Å². The van der Waals surface area contributed by atoms with Crippen LogP contribution in [0.1, 0.15) is 19.8 Å². The Morgan fingerprint density at radius 3 is 2.75 bits per heavy atom. The second-order valence-electron chi connectivity index (χ2n) is 4.89. The summed E-state index contributed by atoms with van der Waals surface area (Å²) in [5.74, 6) is 0.0807.